The van der Waals surface area contributed by atoms with Crippen molar-refractivity contribution >= 4 is 38.9 Å². The lowest BCUT2D eigenvalue weighted by molar-refractivity contribution is 0.306. The van der Waals surface area contributed by atoms with Crippen molar-refractivity contribution < 1.29 is 9.13 Å². The summed E-state index contributed by atoms with van der Waals surface area (Å²) < 4.78 is 19.7. The summed E-state index contributed by atoms with van der Waals surface area (Å²) in [5, 5.41) is 6.95. The molecule has 2 N–H and O–H groups in total. The Morgan fingerprint density at radius 2 is 1.68 bits per heavy atom. The molecule has 0 heterocycles. The van der Waals surface area contributed by atoms with Crippen molar-refractivity contribution in [2.75, 3.05) is 5.32 Å². The Bertz CT molecular complexity index is 946. The molecule has 0 aliphatic heterocycles. The van der Waals surface area contributed by atoms with Crippen molar-refractivity contribution in [1.29, 1.82) is 0 Å². The summed E-state index contributed by atoms with van der Waals surface area (Å²) in [6.45, 7) is 3.05. The standard InChI is InChI=1S/C22H20BrFN2OS/c1-15-12-19(8-11-21(15)23)26-22(28)25-13-16-4-9-20(10-5-16)27-14-17-2-6-18(24)7-3-17/h2-12H,13-14H2,1H3,(H2,25,26,28). The molecule has 0 saturated carbocycles. The average molecular weight is 459 g/mol. The number of hydrogen-bond donors (Lipinski definition) is 2. The number of halogens is 2. The zero-order valence-corrected chi connectivity index (χ0v) is 17.7. The van der Waals surface area contributed by atoms with Gasteiger partial charge in [0.15, 0.2) is 5.11 Å². The highest BCUT2D eigenvalue weighted by Gasteiger charge is 2.02. The first kappa shape index (κ1) is 20.3. The van der Waals surface area contributed by atoms with E-state index in [0.29, 0.717) is 18.3 Å². The van der Waals surface area contributed by atoms with Gasteiger partial charge in [0.25, 0.3) is 0 Å². The smallest absolute Gasteiger partial charge is 0.171 e. The van der Waals surface area contributed by atoms with Gasteiger partial charge in [-0.15, -0.1) is 0 Å². The Balaban J connectivity index is 1.46. The zero-order chi connectivity index (χ0) is 19.9. The van der Waals surface area contributed by atoms with Crippen LogP contribution in [-0.4, -0.2) is 5.11 Å². The maximum Gasteiger partial charge on any atom is 0.171 e. The Hall–Kier alpha value is -2.44. The predicted molar refractivity (Wildman–Crippen MR) is 119 cm³/mol. The molecular formula is C22H20BrFN2OS. The van der Waals surface area contributed by atoms with Crippen molar-refractivity contribution in [1.82, 2.24) is 5.32 Å². The van der Waals surface area contributed by atoms with Crippen molar-refractivity contribution in [3.05, 3.63) is 93.7 Å². The third-order valence-corrected chi connectivity index (χ3v) is 5.25. The molecule has 0 radical (unpaired) electrons. The van der Waals surface area contributed by atoms with Crippen LogP contribution in [0, 0.1) is 12.7 Å². The van der Waals surface area contributed by atoms with E-state index in [1.165, 1.54) is 12.1 Å². The summed E-state index contributed by atoms with van der Waals surface area (Å²) in [6, 6.07) is 20.1. The first-order valence-corrected chi connectivity index (χ1v) is 9.97. The van der Waals surface area contributed by atoms with Gasteiger partial charge >= 0.3 is 0 Å². The Labute approximate surface area is 178 Å². The molecule has 0 saturated heterocycles. The number of benzene rings is 3. The summed E-state index contributed by atoms with van der Waals surface area (Å²) in [7, 11) is 0. The molecular weight excluding hydrogens is 439 g/mol. The van der Waals surface area contributed by atoms with Crippen LogP contribution in [-0.2, 0) is 13.2 Å². The first-order chi connectivity index (χ1) is 13.5. The van der Waals surface area contributed by atoms with Crippen LogP contribution >= 0.6 is 28.1 Å². The van der Waals surface area contributed by atoms with Crippen LogP contribution < -0.4 is 15.4 Å². The van der Waals surface area contributed by atoms with Crippen LogP contribution in [0.4, 0.5) is 10.1 Å². The van der Waals surface area contributed by atoms with E-state index >= 15 is 0 Å². The number of hydrogen-bond acceptors (Lipinski definition) is 2. The molecule has 28 heavy (non-hydrogen) atoms. The van der Waals surface area contributed by atoms with E-state index in [9.17, 15) is 4.39 Å². The van der Waals surface area contributed by atoms with Gasteiger partial charge in [-0.2, -0.15) is 0 Å². The fourth-order valence-electron chi connectivity index (χ4n) is 2.53. The highest BCUT2D eigenvalue weighted by Crippen LogP contribution is 2.20. The second-order valence-corrected chi connectivity index (χ2v) is 7.59. The zero-order valence-electron chi connectivity index (χ0n) is 15.3. The van der Waals surface area contributed by atoms with E-state index in [2.05, 4.69) is 26.6 Å². The summed E-state index contributed by atoms with van der Waals surface area (Å²) in [4.78, 5) is 0. The second kappa shape index (κ2) is 9.66. The normalized spacial score (nSPS) is 10.4. The molecule has 0 aliphatic rings. The third-order valence-electron chi connectivity index (χ3n) is 4.11. The first-order valence-electron chi connectivity index (χ1n) is 8.77. The number of ether oxygens (including phenoxy) is 1. The Morgan fingerprint density at radius 1 is 1.00 bits per heavy atom. The van der Waals surface area contributed by atoms with Crippen LogP contribution in [0.15, 0.2) is 71.2 Å². The fraction of sp³-hybridized carbons (Fsp3) is 0.136. The molecule has 3 aromatic rings. The lowest BCUT2D eigenvalue weighted by Gasteiger charge is -2.12. The van der Waals surface area contributed by atoms with Gasteiger partial charge in [0.05, 0.1) is 0 Å². The van der Waals surface area contributed by atoms with Gasteiger partial charge in [-0.3, -0.25) is 0 Å². The second-order valence-electron chi connectivity index (χ2n) is 6.33. The number of rotatable bonds is 6. The van der Waals surface area contributed by atoms with E-state index in [-0.39, 0.29) is 5.82 Å². The summed E-state index contributed by atoms with van der Waals surface area (Å²) in [5.41, 5.74) is 4.10. The molecule has 0 aliphatic carbocycles. The summed E-state index contributed by atoms with van der Waals surface area (Å²) in [6.07, 6.45) is 0. The van der Waals surface area contributed by atoms with Crippen LogP contribution in [0.25, 0.3) is 0 Å². The number of nitrogens with one attached hydrogen (secondary N) is 2. The van der Waals surface area contributed by atoms with Gasteiger partial charge in [-0.1, -0.05) is 40.2 Å². The van der Waals surface area contributed by atoms with Crippen molar-refractivity contribution in [3.63, 3.8) is 0 Å². The van der Waals surface area contributed by atoms with Gasteiger partial charge in [0.1, 0.15) is 18.2 Å². The quantitative estimate of drug-likeness (QED) is 0.446. The Morgan fingerprint density at radius 3 is 2.36 bits per heavy atom. The van der Waals surface area contributed by atoms with E-state index in [1.54, 1.807) is 12.1 Å². The van der Waals surface area contributed by atoms with E-state index in [4.69, 9.17) is 17.0 Å². The van der Waals surface area contributed by atoms with Gasteiger partial charge in [0, 0.05) is 16.7 Å². The minimum absolute atomic E-state index is 0.247. The topological polar surface area (TPSA) is 33.3 Å². The fourth-order valence-corrected chi connectivity index (χ4v) is 2.97. The number of anilines is 1. The molecule has 3 aromatic carbocycles. The molecule has 0 unspecified atom stereocenters. The van der Waals surface area contributed by atoms with E-state index in [0.717, 1.165) is 32.6 Å². The maximum atomic E-state index is 12.9. The van der Waals surface area contributed by atoms with Gasteiger partial charge in [0.2, 0.25) is 0 Å². The molecule has 0 aromatic heterocycles. The van der Waals surface area contributed by atoms with Crippen LogP contribution in [0.1, 0.15) is 16.7 Å². The van der Waals surface area contributed by atoms with Gasteiger partial charge in [-0.05, 0) is 78.3 Å². The minimum Gasteiger partial charge on any atom is -0.489 e. The van der Waals surface area contributed by atoms with Gasteiger partial charge < -0.3 is 15.4 Å². The monoisotopic (exact) mass is 458 g/mol. The maximum absolute atomic E-state index is 12.9. The lowest BCUT2D eigenvalue weighted by Crippen LogP contribution is -2.27. The largest absolute Gasteiger partial charge is 0.489 e. The lowest BCUT2D eigenvalue weighted by atomic mass is 10.2. The van der Waals surface area contributed by atoms with E-state index in [1.807, 2.05) is 49.4 Å². The van der Waals surface area contributed by atoms with Crippen molar-refractivity contribution in [2.45, 2.75) is 20.1 Å². The molecule has 0 bridgehead atoms. The molecule has 3 rings (SSSR count). The Kier molecular flexibility index (Phi) is 7.01. The average Bonchev–Trinajstić information content (AvgIpc) is 2.69. The van der Waals surface area contributed by atoms with E-state index < -0.39 is 0 Å². The number of thiocarbonyl (C=S) groups is 1. The van der Waals surface area contributed by atoms with Crippen molar-refractivity contribution in [3.8, 4) is 5.75 Å². The molecule has 6 heteroatoms. The van der Waals surface area contributed by atoms with Gasteiger partial charge in [-0.25, -0.2) is 4.39 Å². The summed E-state index contributed by atoms with van der Waals surface area (Å²) in [5.74, 6) is 0.516. The molecule has 0 amide bonds. The van der Waals surface area contributed by atoms with Crippen LogP contribution in [0.3, 0.4) is 0 Å². The molecule has 144 valence electrons. The van der Waals surface area contributed by atoms with Crippen LogP contribution in [0.2, 0.25) is 0 Å². The SMILES string of the molecule is Cc1cc(NC(=S)NCc2ccc(OCc3ccc(F)cc3)cc2)ccc1Br. The molecule has 0 atom stereocenters. The van der Waals surface area contributed by atoms with Crippen LogP contribution in [0.5, 0.6) is 5.75 Å². The highest BCUT2D eigenvalue weighted by atomic mass is 79.9. The molecule has 3 nitrogen and oxygen atoms in total. The predicted octanol–water partition coefficient (Wildman–Crippen LogP) is 5.96. The molecule has 0 spiro atoms. The minimum atomic E-state index is -0.247. The molecule has 0 fully saturated rings. The number of aryl methyl sites for hydroxylation is 1. The highest BCUT2D eigenvalue weighted by molar-refractivity contribution is 9.10. The third kappa shape index (κ3) is 6.04. The van der Waals surface area contributed by atoms with Crippen molar-refractivity contribution in [2.24, 2.45) is 0 Å². The summed E-state index contributed by atoms with van der Waals surface area (Å²) >= 11 is 8.84.